The number of nitrogens with one attached hydrogen (secondary N) is 2. The molecule has 1 atom stereocenters. The summed E-state index contributed by atoms with van der Waals surface area (Å²) >= 11 is 8.27. The first-order valence-electron chi connectivity index (χ1n) is 13.0. The second kappa shape index (κ2) is 12.0. The highest BCUT2D eigenvalue weighted by Crippen LogP contribution is 2.31. The molecule has 2 N–H and O–H groups in total. The molecule has 1 saturated heterocycles. The Morgan fingerprint density at radius 3 is 2.46 bits per heavy atom. The van der Waals surface area contributed by atoms with Gasteiger partial charge in [-0.1, -0.05) is 43.6 Å². The van der Waals surface area contributed by atoms with E-state index in [2.05, 4.69) is 29.4 Å². The number of halogens is 2. The van der Waals surface area contributed by atoms with Gasteiger partial charge in [0.25, 0.3) is 9.82 Å². The van der Waals surface area contributed by atoms with Gasteiger partial charge in [0, 0.05) is 70.1 Å². The van der Waals surface area contributed by atoms with Gasteiger partial charge >= 0.3 is 0 Å². The first kappa shape index (κ1) is 27.5. The van der Waals surface area contributed by atoms with Crippen molar-refractivity contribution in [1.82, 2.24) is 20.4 Å². The Labute approximate surface area is 246 Å². The van der Waals surface area contributed by atoms with E-state index in [4.69, 9.17) is 16.3 Å². The summed E-state index contributed by atoms with van der Waals surface area (Å²) < 4.78 is 6.25. The second-order valence-electron chi connectivity index (χ2n) is 10.1. The van der Waals surface area contributed by atoms with E-state index in [1.165, 1.54) is 0 Å². The number of nitrogens with zero attached hydrogens (tertiary/aromatic N) is 2. The molecule has 1 aliphatic heterocycles. The number of carbonyl (C=O) groups excluding carboxylic acids is 2. The molecule has 0 spiro atoms. The van der Waals surface area contributed by atoms with Crippen molar-refractivity contribution in [3.8, 4) is 17.0 Å². The maximum Gasteiger partial charge on any atom is 0.283 e. The van der Waals surface area contributed by atoms with Gasteiger partial charge in [-0.3, -0.25) is 14.7 Å². The molecule has 0 saturated carbocycles. The number of ether oxygens (including phenoxy) is 1. The summed E-state index contributed by atoms with van der Waals surface area (Å²) in [4.78, 5) is 26.7. The van der Waals surface area contributed by atoms with Gasteiger partial charge in [0.15, 0.2) is 0 Å². The van der Waals surface area contributed by atoms with Crippen LogP contribution in [0.15, 0.2) is 66.7 Å². The maximum atomic E-state index is 13.3. The smallest absolute Gasteiger partial charge is 0.283 e. The normalized spacial score (nSPS) is 14.9. The molecular formula is C30H30ClIN4O3. The highest BCUT2D eigenvalue weighted by Gasteiger charge is 2.24. The molecule has 202 valence electrons. The van der Waals surface area contributed by atoms with Gasteiger partial charge in [-0.05, 0) is 60.0 Å². The van der Waals surface area contributed by atoms with Crippen molar-refractivity contribution in [2.24, 2.45) is 5.92 Å². The van der Waals surface area contributed by atoms with Crippen LogP contribution in [-0.4, -0.2) is 44.1 Å². The Hall–Kier alpha value is -3.11. The lowest BCUT2D eigenvalue weighted by molar-refractivity contribution is 0.0925. The first-order chi connectivity index (χ1) is 18.8. The van der Waals surface area contributed by atoms with E-state index in [0.29, 0.717) is 10.6 Å². The number of hydrogen-bond donors (Lipinski definition) is 2. The molecule has 3 aromatic carbocycles. The summed E-state index contributed by atoms with van der Waals surface area (Å²) in [6, 6.07) is 20.8. The van der Waals surface area contributed by atoms with Gasteiger partial charge in [-0.2, -0.15) is 5.10 Å². The van der Waals surface area contributed by atoms with Crippen molar-refractivity contribution < 1.29 is 14.3 Å². The fourth-order valence-electron chi connectivity index (χ4n) is 4.96. The quantitative estimate of drug-likeness (QED) is 0.123. The Bertz CT molecular complexity index is 1480. The van der Waals surface area contributed by atoms with Crippen molar-refractivity contribution >= 4 is 54.9 Å². The standard InChI is InChI=1S/C30H30ClIN4O3/c1-18(2)27(23-5-3-4-6-25(23)31)33-29(37)20-9-12-26-24(17-20)28(35-34-26)19-7-10-21(11-8-19)39-22-13-15-36(16-14-22)30(32)38/h3-12,17-18,22,27H,13-16H2,1-2H3,(H,33,37)(H,34,35)/t27-/m0/s1. The van der Waals surface area contributed by atoms with E-state index in [1.807, 2.05) is 88.2 Å². The average Bonchev–Trinajstić information content (AvgIpc) is 3.36. The van der Waals surface area contributed by atoms with Crippen molar-refractivity contribution in [2.45, 2.75) is 38.8 Å². The monoisotopic (exact) mass is 656 g/mol. The molecule has 7 nitrogen and oxygen atoms in total. The Morgan fingerprint density at radius 1 is 1.08 bits per heavy atom. The first-order valence-corrected chi connectivity index (χ1v) is 14.5. The maximum absolute atomic E-state index is 13.3. The molecule has 0 bridgehead atoms. The molecule has 1 fully saturated rings. The summed E-state index contributed by atoms with van der Waals surface area (Å²) in [6.45, 7) is 5.56. The van der Waals surface area contributed by atoms with Crippen molar-refractivity contribution in [3.05, 3.63) is 82.9 Å². The van der Waals surface area contributed by atoms with E-state index >= 15 is 0 Å². The Morgan fingerprint density at radius 2 is 1.79 bits per heavy atom. The number of likely N-dealkylation sites (tertiary alicyclic amines) is 1. The Kier molecular flexibility index (Phi) is 8.42. The van der Waals surface area contributed by atoms with E-state index in [9.17, 15) is 9.59 Å². The lowest BCUT2D eigenvalue weighted by atomic mass is 9.95. The van der Waals surface area contributed by atoms with E-state index < -0.39 is 0 Å². The number of aromatic nitrogens is 2. The van der Waals surface area contributed by atoms with Crippen molar-refractivity contribution in [3.63, 3.8) is 0 Å². The van der Waals surface area contributed by atoms with Crippen molar-refractivity contribution in [2.75, 3.05) is 13.1 Å². The minimum Gasteiger partial charge on any atom is -0.490 e. The highest BCUT2D eigenvalue weighted by molar-refractivity contribution is 14.1. The topological polar surface area (TPSA) is 87.3 Å². The zero-order chi connectivity index (χ0) is 27.5. The minimum atomic E-state index is -0.215. The van der Waals surface area contributed by atoms with E-state index in [-0.39, 0.29) is 27.9 Å². The largest absolute Gasteiger partial charge is 0.490 e. The summed E-state index contributed by atoms with van der Waals surface area (Å²) in [6.07, 6.45) is 1.73. The van der Waals surface area contributed by atoms with E-state index in [1.54, 1.807) is 6.07 Å². The van der Waals surface area contributed by atoms with Crippen LogP contribution in [0.2, 0.25) is 5.02 Å². The third kappa shape index (κ3) is 6.22. The Balaban J connectivity index is 1.32. The van der Waals surface area contributed by atoms with Gasteiger partial charge < -0.3 is 15.0 Å². The lowest BCUT2D eigenvalue weighted by Crippen LogP contribution is -2.39. The van der Waals surface area contributed by atoms with Crippen LogP contribution in [0.4, 0.5) is 4.79 Å². The summed E-state index contributed by atoms with van der Waals surface area (Å²) in [5.74, 6) is 0.781. The summed E-state index contributed by atoms with van der Waals surface area (Å²) in [7, 11) is 0. The third-order valence-electron chi connectivity index (χ3n) is 7.14. The summed E-state index contributed by atoms with van der Waals surface area (Å²) in [5, 5.41) is 12.3. The molecule has 0 aliphatic carbocycles. The number of H-pyrrole nitrogens is 1. The van der Waals surface area contributed by atoms with Crippen LogP contribution in [0.3, 0.4) is 0 Å². The molecule has 1 aromatic heterocycles. The molecule has 2 amide bonds. The van der Waals surface area contributed by atoms with Gasteiger partial charge in [0.1, 0.15) is 11.9 Å². The average molecular weight is 657 g/mol. The molecule has 5 rings (SSSR count). The molecule has 4 aromatic rings. The molecule has 2 heterocycles. The van der Waals surface area contributed by atoms with Crippen LogP contribution in [0.5, 0.6) is 5.75 Å². The van der Waals surface area contributed by atoms with Crippen LogP contribution >= 0.6 is 34.2 Å². The predicted octanol–water partition coefficient (Wildman–Crippen LogP) is 7.41. The number of benzene rings is 3. The van der Waals surface area contributed by atoms with Crippen LogP contribution < -0.4 is 10.1 Å². The van der Waals surface area contributed by atoms with Crippen molar-refractivity contribution in [1.29, 1.82) is 0 Å². The number of fused-ring (bicyclic) bond motifs is 1. The third-order valence-corrected chi connectivity index (χ3v) is 8.17. The number of carbonyl (C=O) groups is 2. The molecule has 0 radical (unpaired) electrons. The zero-order valence-corrected chi connectivity index (χ0v) is 24.7. The number of hydrogen-bond acceptors (Lipinski definition) is 4. The molecular weight excluding hydrogens is 627 g/mol. The van der Waals surface area contributed by atoms with Crippen LogP contribution in [0, 0.1) is 5.92 Å². The number of amides is 2. The number of rotatable bonds is 7. The molecule has 9 heteroatoms. The lowest BCUT2D eigenvalue weighted by Gasteiger charge is -2.30. The molecule has 39 heavy (non-hydrogen) atoms. The van der Waals surface area contributed by atoms with Gasteiger partial charge in [-0.25, -0.2) is 0 Å². The van der Waals surface area contributed by atoms with Crippen LogP contribution in [-0.2, 0) is 0 Å². The fraction of sp³-hybridized carbons (Fsp3) is 0.300. The van der Waals surface area contributed by atoms with Crippen LogP contribution in [0.25, 0.3) is 22.2 Å². The van der Waals surface area contributed by atoms with Gasteiger partial charge in [0.05, 0.1) is 17.3 Å². The predicted molar refractivity (Wildman–Crippen MR) is 163 cm³/mol. The second-order valence-corrected chi connectivity index (χ2v) is 11.5. The van der Waals surface area contributed by atoms with Gasteiger partial charge in [0.2, 0.25) is 0 Å². The van der Waals surface area contributed by atoms with E-state index in [0.717, 1.165) is 59.4 Å². The number of piperidine rings is 1. The fourth-order valence-corrected chi connectivity index (χ4v) is 5.70. The zero-order valence-electron chi connectivity index (χ0n) is 21.8. The SMILES string of the molecule is CC(C)[C@H](NC(=O)c1ccc2[nH]nc(-c3ccc(OC4CCN(C(=O)I)CC4)cc3)c2c1)c1ccccc1Cl. The molecule has 1 aliphatic rings. The number of aromatic amines is 1. The highest BCUT2D eigenvalue weighted by atomic mass is 127. The molecule has 0 unspecified atom stereocenters. The summed E-state index contributed by atoms with van der Waals surface area (Å²) in [5.41, 5.74) is 4.00. The van der Waals surface area contributed by atoms with Gasteiger partial charge in [-0.15, -0.1) is 0 Å². The van der Waals surface area contributed by atoms with Crippen LogP contribution in [0.1, 0.15) is 48.7 Å². The minimum absolute atomic E-state index is 0.0857.